The molecule has 2 aliphatic carbocycles. The Bertz CT molecular complexity index is 3370. The molecule has 0 spiro atoms. The van der Waals surface area contributed by atoms with Crippen molar-refractivity contribution < 1.29 is 71.6 Å². The molecule has 4 aliphatic rings. The molecule has 2 saturated carbocycles. The van der Waals surface area contributed by atoms with E-state index in [0.29, 0.717) is 11.1 Å². The Hall–Kier alpha value is -9.67. The first kappa shape index (κ1) is 70.8. The number of hydrogen-bond donors (Lipinski definition) is 3. The molecule has 0 unspecified atom stereocenters. The Morgan fingerprint density at radius 3 is 1.18 bits per heavy atom. The van der Waals surface area contributed by atoms with Crippen molar-refractivity contribution in [3.8, 4) is 0 Å². The van der Waals surface area contributed by atoms with Crippen LogP contribution in [-0.2, 0) is 64.3 Å². The van der Waals surface area contributed by atoms with Gasteiger partial charge in [-0.05, 0) is 94.0 Å². The third-order valence-electron chi connectivity index (χ3n) is 15.9. The van der Waals surface area contributed by atoms with Crippen molar-refractivity contribution in [2.75, 3.05) is 13.3 Å². The van der Waals surface area contributed by atoms with Gasteiger partial charge in [-0.3, -0.25) is 14.6 Å². The summed E-state index contributed by atoms with van der Waals surface area (Å²) >= 11 is 0. The van der Waals surface area contributed by atoms with E-state index in [2.05, 4.69) is 60.2 Å². The van der Waals surface area contributed by atoms with Crippen molar-refractivity contribution in [2.24, 2.45) is 30.7 Å². The number of esters is 1. The minimum atomic E-state index is -1.68. The number of halogens is 2. The Labute approximate surface area is 529 Å². The molecule has 3 N–H and O–H groups in total. The summed E-state index contributed by atoms with van der Waals surface area (Å²) < 4.78 is 70.8. The number of aliphatic hydroxyl groups is 3. The number of carbonyl (C=O) groups is 3. The fourth-order valence-electron chi connectivity index (χ4n) is 11.4. The normalized spacial score (nSPS) is 27.7. The van der Waals surface area contributed by atoms with Crippen molar-refractivity contribution in [1.82, 2.24) is 9.80 Å². The molecule has 2 heterocycles. The Morgan fingerprint density at radius 2 is 0.817 bits per heavy atom. The lowest BCUT2D eigenvalue weighted by Crippen LogP contribution is -2.60. The summed E-state index contributed by atoms with van der Waals surface area (Å²) in [5, 5.41) is 54.6. The highest BCUT2D eigenvalue weighted by Crippen LogP contribution is 2.37. The highest BCUT2D eigenvalue weighted by atomic mass is 19.1. The van der Waals surface area contributed by atoms with Gasteiger partial charge in [-0.15, -0.1) is 0 Å². The van der Waals surface area contributed by atoms with Crippen LogP contribution in [0.1, 0.15) is 67.7 Å². The minimum absolute atomic E-state index is 0.00149. The highest BCUT2D eigenvalue weighted by Gasteiger charge is 2.51. The van der Waals surface area contributed by atoms with Crippen LogP contribution >= 0.6 is 0 Å². The summed E-state index contributed by atoms with van der Waals surface area (Å²) in [6, 6.07) is 27.2. The lowest BCUT2D eigenvalue weighted by Gasteiger charge is -2.45. The maximum absolute atomic E-state index is 15.0. The van der Waals surface area contributed by atoms with Crippen LogP contribution in [0.15, 0.2) is 152 Å². The van der Waals surface area contributed by atoms with Gasteiger partial charge in [0.1, 0.15) is 44.9 Å². The lowest BCUT2D eigenvalue weighted by molar-refractivity contribution is -0.261. The zero-order chi connectivity index (χ0) is 66.7. The number of carbonyl (C=O) groups excluding carboxylic acids is 3. The second kappa shape index (κ2) is 36.4. The molecule has 2 aliphatic heterocycles. The maximum atomic E-state index is 15.0. The van der Waals surface area contributed by atoms with E-state index in [1.807, 2.05) is 18.2 Å². The molecule has 4 aromatic rings. The standard InChI is InChI=1S/C30H35FN10O7.C28H33FN10O6/c1-18(42)46-27-22(36-39-33)14-23(37-40-34)28(26(27)43)48-29-21(35-38-32)12-13-25(47-29)24(15-31)41(16-19-8-4-2-5-9-19)30(44)45-17-20-10-6-3-7-11-20;29-14-22(39(15-17-7-3-1-4-8-17)28(42)43-16-18-9-5-2-6-10-18)23-12-11-19(33-36-30)27(44-23)45-26-21(35-38-32)13-20(34-37-31)24(40)25(26)41/h2-11,21-29,43H,12-17H2,1H3;1-10,19-27,40-41H,11-16H2/t21-,22-,23+,24-,25+,26-,27+,28-,29-;19-,20-,21+,22-,23+,24+,25-,26-,27-/m11/s1. The number of azide groups is 6. The van der Waals surface area contributed by atoms with E-state index in [-0.39, 0.29) is 64.8 Å². The summed E-state index contributed by atoms with van der Waals surface area (Å²) in [5.74, 6) is -0.775. The summed E-state index contributed by atoms with van der Waals surface area (Å²) in [6.07, 6.45) is -15.1. The molecule has 2 saturated heterocycles. The first-order chi connectivity index (χ1) is 45.2. The molecule has 2 amide bonds. The van der Waals surface area contributed by atoms with Crippen LogP contribution in [0, 0.1) is 0 Å². The van der Waals surface area contributed by atoms with E-state index in [9.17, 15) is 50.7 Å². The predicted molar refractivity (Wildman–Crippen MR) is 323 cm³/mol. The molecule has 18 atom stereocenters. The molecule has 0 bridgehead atoms. The molecular weight excluding hydrogens is 1220 g/mol. The number of hydrogen-bond acceptors (Lipinski definition) is 19. The van der Waals surface area contributed by atoms with Crippen molar-refractivity contribution in [3.63, 3.8) is 0 Å². The number of nitrogens with zero attached hydrogens (tertiary/aromatic N) is 20. The topological polar surface area (TPSA) is 476 Å². The first-order valence-electron chi connectivity index (χ1n) is 29.4. The van der Waals surface area contributed by atoms with E-state index in [0.717, 1.165) is 18.1 Å². The number of benzene rings is 4. The minimum Gasteiger partial charge on any atom is -0.459 e. The third kappa shape index (κ3) is 19.7. The van der Waals surface area contributed by atoms with Crippen molar-refractivity contribution in [2.45, 2.75) is 181 Å². The highest BCUT2D eigenvalue weighted by molar-refractivity contribution is 5.69. The molecule has 0 aromatic heterocycles. The first-order valence-corrected chi connectivity index (χ1v) is 29.4. The average molecular weight is 1290 g/mol. The van der Waals surface area contributed by atoms with Crippen LogP contribution in [0.4, 0.5) is 18.4 Å². The summed E-state index contributed by atoms with van der Waals surface area (Å²) in [4.78, 5) is 58.0. The maximum Gasteiger partial charge on any atom is 0.410 e. The largest absolute Gasteiger partial charge is 0.459 e. The fourth-order valence-corrected chi connectivity index (χ4v) is 11.4. The summed E-state index contributed by atoms with van der Waals surface area (Å²) in [6.45, 7) is -1.06. The van der Waals surface area contributed by atoms with E-state index >= 15 is 4.39 Å². The monoisotopic (exact) mass is 1290 g/mol. The number of amides is 2. The Balaban J connectivity index is 0.000000264. The van der Waals surface area contributed by atoms with Gasteiger partial charge in [-0.25, -0.2) is 18.4 Å². The van der Waals surface area contributed by atoms with Crippen LogP contribution in [0.5, 0.6) is 0 Å². The van der Waals surface area contributed by atoms with Crippen LogP contribution in [-0.4, -0.2) is 166 Å². The molecule has 33 nitrogen and oxygen atoms in total. The molecule has 93 heavy (non-hydrogen) atoms. The van der Waals surface area contributed by atoms with Gasteiger partial charge in [0.25, 0.3) is 0 Å². The van der Waals surface area contributed by atoms with Gasteiger partial charge in [-0.2, -0.15) is 0 Å². The molecule has 4 aromatic carbocycles. The second-order valence-corrected chi connectivity index (χ2v) is 21.8. The molecule has 0 radical (unpaired) electrons. The van der Waals surface area contributed by atoms with E-state index in [1.54, 1.807) is 103 Å². The third-order valence-corrected chi connectivity index (χ3v) is 15.9. The Kier molecular flexibility index (Phi) is 27.7. The second-order valence-electron chi connectivity index (χ2n) is 21.8. The van der Waals surface area contributed by atoms with E-state index in [4.69, 9.17) is 49.8 Å². The van der Waals surface area contributed by atoms with Gasteiger partial charge in [0.05, 0.1) is 78.9 Å². The van der Waals surface area contributed by atoms with Crippen LogP contribution < -0.4 is 0 Å². The van der Waals surface area contributed by atoms with Gasteiger partial charge >= 0.3 is 18.2 Å². The molecule has 4 fully saturated rings. The molecular formula is C58H68F2N20O13. The van der Waals surface area contributed by atoms with E-state index in [1.165, 1.54) is 9.80 Å². The number of alkyl halides is 2. The molecule has 8 rings (SSSR count). The SMILES string of the molecule is CC(=O)O[C@@H]1[C@@H](O)[C@H](O[C@H]2O[C@H]([C@@H](CF)N(Cc3ccccc3)C(=O)OCc3ccccc3)CC[C@H]2N=[N+]=[N-])[C@@H](N=[N+]=[N-])C[C@H]1N=[N+]=[N-].[N-]=[N+]=N[C@H]1C[C@@H](N=[N+]=[N-])[C@H](O)[C@@H](O)[C@@H]1O[C@H]1O[C@H]([C@@H](CF)N(Cc2ccccc2)C(=O)OCc2ccccc2)CC[C@H]1N=[N+]=[N-]. The van der Waals surface area contributed by atoms with Gasteiger partial charge in [0, 0.05) is 49.5 Å². The Morgan fingerprint density at radius 1 is 0.484 bits per heavy atom. The van der Waals surface area contributed by atoms with Gasteiger partial charge < -0.3 is 48.5 Å². The predicted octanol–water partition coefficient (Wildman–Crippen LogP) is 11.0. The van der Waals surface area contributed by atoms with Crippen molar-refractivity contribution >= 4 is 18.2 Å². The number of ether oxygens (including phenoxy) is 7. The quantitative estimate of drug-likeness (QED) is 0.0183. The zero-order valence-corrected chi connectivity index (χ0v) is 50.0. The average Bonchev–Trinajstić information content (AvgIpc) is 0.903. The number of rotatable bonds is 25. The van der Waals surface area contributed by atoms with Gasteiger partial charge in [0.15, 0.2) is 12.6 Å². The number of aliphatic hydroxyl groups excluding tert-OH is 3. The van der Waals surface area contributed by atoms with Crippen LogP contribution in [0.2, 0.25) is 0 Å². The van der Waals surface area contributed by atoms with Crippen LogP contribution in [0.3, 0.4) is 0 Å². The summed E-state index contributed by atoms with van der Waals surface area (Å²) in [7, 11) is 0. The van der Waals surface area contributed by atoms with Crippen molar-refractivity contribution in [1.29, 1.82) is 0 Å². The smallest absolute Gasteiger partial charge is 0.410 e. The van der Waals surface area contributed by atoms with Crippen molar-refractivity contribution in [3.05, 3.63) is 206 Å². The fraction of sp³-hybridized carbons (Fsp3) is 0.534. The molecule has 492 valence electrons. The zero-order valence-electron chi connectivity index (χ0n) is 50.0. The summed E-state index contributed by atoms with van der Waals surface area (Å²) in [5.41, 5.74) is 57.5. The van der Waals surface area contributed by atoms with Crippen LogP contribution in [0.25, 0.3) is 62.7 Å². The molecule has 35 heteroatoms. The lowest BCUT2D eigenvalue weighted by atomic mass is 9.84. The van der Waals surface area contributed by atoms with Gasteiger partial charge in [-0.1, -0.05) is 152 Å². The van der Waals surface area contributed by atoms with E-state index < -0.39 is 141 Å². The van der Waals surface area contributed by atoms with Gasteiger partial charge in [0.2, 0.25) is 0 Å².